The summed E-state index contributed by atoms with van der Waals surface area (Å²) in [5.41, 5.74) is 1.73. The molecule has 3 nitrogen and oxygen atoms in total. The summed E-state index contributed by atoms with van der Waals surface area (Å²) >= 11 is 0. The molecule has 0 radical (unpaired) electrons. The van der Waals surface area contributed by atoms with Crippen molar-refractivity contribution in [3.63, 3.8) is 0 Å². The SMILES string of the molecule is O=c1cc[nH]c(-c2cncc3ccccc23)c1. The second-order valence-corrected chi connectivity index (χ2v) is 3.85. The van der Waals surface area contributed by atoms with Crippen molar-refractivity contribution in [2.24, 2.45) is 0 Å². The number of pyridine rings is 2. The van der Waals surface area contributed by atoms with Crippen molar-refractivity contribution in [1.29, 1.82) is 0 Å². The van der Waals surface area contributed by atoms with Gasteiger partial charge in [0.1, 0.15) is 0 Å². The van der Waals surface area contributed by atoms with Crippen LogP contribution in [0.3, 0.4) is 0 Å². The Morgan fingerprint density at radius 1 is 1.06 bits per heavy atom. The first kappa shape index (κ1) is 9.78. The first-order valence-corrected chi connectivity index (χ1v) is 5.36. The average Bonchev–Trinajstić information content (AvgIpc) is 2.38. The van der Waals surface area contributed by atoms with Gasteiger partial charge in [0.15, 0.2) is 5.43 Å². The molecule has 3 aromatic rings. The number of fused-ring (bicyclic) bond motifs is 1. The van der Waals surface area contributed by atoms with Crippen molar-refractivity contribution in [3.8, 4) is 11.3 Å². The zero-order chi connectivity index (χ0) is 11.7. The molecule has 1 N–H and O–H groups in total. The molecule has 0 atom stereocenters. The zero-order valence-corrected chi connectivity index (χ0v) is 9.05. The lowest BCUT2D eigenvalue weighted by molar-refractivity contribution is 1.28. The number of nitrogens with zero attached hydrogens (tertiary/aromatic N) is 1. The van der Waals surface area contributed by atoms with E-state index in [1.807, 2.05) is 30.5 Å². The van der Waals surface area contributed by atoms with Gasteiger partial charge in [-0.25, -0.2) is 0 Å². The van der Waals surface area contributed by atoms with E-state index in [1.54, 1.807) is 18.5 Å². The van der Waals surface area contributed by atoms with E-state index >= 15 is 0 Å². The van der Waals surface area contributed by atoms with E-state index in [0.717, 1.165) is 22.0 Å². The maximum Gasteiger partial charge on any atom is 0.182 e. The van der Waals surface area contributed by atoms with Gasteiger partial charge in [0.05, 0.1) is 5.69 Å². The van der Waals surface area contributed by atoms with Gasteiger partial charge < -0.3 is 4.98 Å². The molecule has 0 aliphatic heterocycles. The van der Waals surface area contributed by atoms with Crippen LogP contribution in [0, 0.1) is 0 Å². The molecular weight excluding hydrogens is 212 g/mol. The lowest BCUT2D eigenvalue weighted by atomic mass is 10.1. The summed E-state index contributed by atoms with van der Waals surface area (Å²) in [5.74, 6) is 0. The number of rotatable bonds is 1. The Labute approximate surface area is 97.8 Å². The lowest BCUT2D eigenvalue weighted by Gasteiger charge is -2.05. The fourth-order valence-corrected chi connectivity index (χ4v) is 1.93. The van der Waals surface area contributed by atoms with Gasteiger partial charge in [-0.05, 0) is 5.39 Å². The standard InChI is InChI=1S/C14H10N2O/c17-11-5-6-16-14(7-11)13-9-15-8-10-3-1-2-4-12(10)13/h1-9H,(H,16,17). The summed E-state index contributed by atoms with van der Waals surface area (Å²) in [6, 6.07) is 11.1. The van der Waals surface area contributed by atoms with Crippen molar-refractivity contribution < 1.29 is 0 Å². The van der Waals surface area contributed by atoms with Gasteiger partial charge in [-0.15, -0.1) is 0 Å². The monoisotopic (exact) mass is 222 g/mol. The molecule has 0 amide bonds. The van der Waals surface area contributed by atoms with Gasteiger partial charge in [0.2, 0.25) is 0 Å². The molecule has 0 saturated heterocycles. The minimum Gasteiger partial charge on any atom is -0.361 e. The average molecular weight is 222 g/mol. The second-order valence-electron chi connectivity index (χ2n) is 3.85. The second kappa shape index (κ2) is 3.87. The molecule has 82 valence electrons. The highest BCUT2D eigenvalue weighted by Gasteiger charge is 2.04. The summed E-state index contributed by atoms with van der Waals surface area (Å²) in [6.45, 7) is 0. The Bertz CT molecular complexity index is 726. The third-order valence-electron chi connectivity index (χ3n) is 2.73. The molecule has 0 saturated carbocycles. The van der Waals surface area contributed by atoms with E-state index in [9.17, 15) is 4.79 Å². The highest BCUT2D eigenvalue weighted by Crippen LogP contribution is 2.24. The van der Waals surface area contributed by atoms with Crippen LogP contribution < -0.4 is 5.43 Å². The fraction of sp³-hybridized carbons (Fsp3) is 0. The Balaban J connectivity index is 2.34. The number of hydrogen-bond donors (Lipinski definition) is 1. The molecule has 0 fully saturated rings. The van der Waals surface area contributed by atoms with E-state index in [4.69, 9.17) is 0 Å². The van der Waals surface area contributed by atoms with Crippen LogP contribution in [-0.4, -0.2) is 9.97 Å². The van der Waals surface area contributed by atoms with Gasteiger partial charge in [0.25, 0.3) is 0 Å². The summed E-state index contributed by atoms with van der Waals surface area (Å²) in [4.78, 5) is 18.6. The summed E-state index contributed by atoms with van der Waals surface area (Å²) in [5, 5.41) is 2.15. The van der Waals surface area contributed by atoms with Crippen molar-refractivity contribution in [1.82, 2.24) is 9.97 Å². The number of hydrogen-bond acceptors (Lipinski definition) is 2. The molecular formula is C14H10N2O. The van der Waals surface area contributed by atoms with E-state index in [-0.39, 0.29) is 5.43 Å². The Kier molecular flexibility index (Phi) is 2.22. The quantitative estimate of drug-likeness (QED) is 0.687. The zero-order valence-electron chi connectivity index (χ0n) is 9.05. The Hall–Kier alpha value is -2.42. The van der Waals surface area contributed by atoms with E-state index in [2.05, 4.69) is 9.97 Å². The number of nitrogens with one attached hydrogen (secondary N) is 1. The Morgan fingerprint density at radius 3 is 2.82 bits per heavy atom. The molecule has 3 heteroatoms. The molecule has 0 bridgehead atoms. The van der Waals surface area contributed by atoms with Crippen molar-refractivity contribution in [2.75, 3.05) is 0 Å². The van der Waals surface area contributed by atoms with Crippen LogP contribution in [0.15, 0.2) is 59.8 Å². The van der Waals surface area contributed by atoms with Gasteiger partial charge >= 0.3 is 0 Å². The van der Waals surface area contributed by atoms with Crippen LogP contribution in [-0.2, 0) is 0 Å². The van der Waals surface area contributed by atoms with Crippen molar-refractivity contribution in [3.05, 3.63) is 65.2 Å². The van der Waals surface area contributed by atoms with Crippen LogP contribution in [0.5, 0.6) is 0 Å². The number of benzene rings is 1. The molecule has 0 unspecified atom stereocenters. The van der Waals surface area contributed by atoms with Crippen molar-refractivity contribution >= 4 is 10.8 Å². The van der Waals surface area contributed by atoms with E-state index < -0.39 is 0 Å². The molecule has 2 heterocycles. The number of aromatic amines is 1. The topological polar surface area (TPSA) is 45.8 Å². The Morgan fingerprint density at radius 2 is 1.94 bits per heavy atom. The molecule has 1 aromatic carbocycles. The minimum atomic E-state index is -0.00770. The van der Waals surface area contributed by atoms with Crippen LogP contribution in [0.4, 0.5) is 0 Å². The summed E-state index contributed by atoms with van der Waals surface area (Å²) in [6.07, 6.45) is 5.24. The highest BCUT2D eigenvalue weighted by atomic mass is 16.1. The fourth-order valence-electron chi connectivity index (χ4n) is 1.93. The maximum absolute atomic E-state index is 11.4. The summed E-state index contributed by atoms with van der Waals surface area (Å²) < 4.78 is 0. The largest absolute Gasteiger partial charge is 0.361 e. The molecule has 0 spiro atoms. The molecule has 17 heavy (non-hydrogen) atoms. The first-order valence-electron chi connectivity index (χ1n) is 5.36. The van der Waals surface area contributed by atoms with Crippen LogP contribution >= 0.6 is 0 Å². The first-order chi connectivity index (χ1) is 8.34. The molecule has 3 rings (SSSR count). The third-order valence-corrected chi connectivity index (χ3v) is 2.73. The highest BCUT2D eigenvalue weighted by molar-refractivity contribution is 5.94. The predicted molar refractivity (Wildman–Crippen MR) is 67.8 cm³/mol. The minimum absolute atomic E-state index is 0.00770. The normalized spacial score (nSPS) is 10.6. The van der Waals surface area contributed by atoms with Crippen LogP contribution in [0.2, 0.25) is 0 Å². The smallest absolute Gasteiger partial charge is 0.182 e. The van der Waals surface area contributed by atoms with Gasteiger partial charge in [0, 0.05) is 41.7 Å². The third kappa shape index (κ3) is 1.72. The summed E-state index contributed by atoms with van der Waals surface area (Å²) in [7, 11) is 0. The van der Waals surface area contributed by atoms with Crippen LogP contribution in [0.25, 0.3) is 22.0 Å². The van der Waals surface area contributed by atoms with Gasteiger partial charge in [-0.1, -0.05) is 24.3 Å². The maximum atomic E-state index is 11.4. The van der Waals surface area contributed by atoms with Gasteiger partial charge in [-0.3, -0.25) is 9.78 Å². The van der Waals surface area contributed by atoms with Crippen LogP contribution in [0.1, 0.15) is 0 Å². The molecule has 0 aliphatic rings. The number of H-pyrrole nitrogens is 1. The van der Waals surface area contributed by atoms with E-state index in [1.165, 1.54) is 6.07 Å². The predicted octanol–water partition coefficient (Wildman–Crippen LogP) is 2.59. The number of aromatic nitrogens is 2. The van der Waals surface area contributed by atoms with Gasteiger partial charge in [-0.2, -0.15) is 0 Å². The van der Waals surface area contributed by atoms with Crippen molar-refractivity contribution in [2.45, 2.75) is 0 Å². The molecule has 0 aliphatic carbocycles. The van der Waals surface area contributed by atoms with E-state index in [0.29, 0.717) is 0 Å². The molecule has 2 aromatic heterocycles. The lowest BCUT2D eigenvalue weighted by Crippen LogP contribution is -1.98.